The second-order valence-corrected chi connectivity index (χ2v) is 6.61. The Morgan fingerprint density at radius 2 is 1.88 bits per heavy atom. The van der Waals surface area contributed by atoms with Gasteiger partial charge in [0.25, 0.3) is 5.69 Å². The van der Waals surface area contributed by atoms with Gasteiger partial charge in [-0.05, 0) is 30.7 Å². The average Bonchev–Trinajstić information content (AvgIpc) is 2.57. The van der Waals surface area contributed by atoms with Crippen LogP contribution in [0.25, 0.3) is 0 Å². The Morgan fingerprint density at radius 3 is 2.46 bits per heavy atom. The van der Waals surface area contributed by atoms with E-state index in [4.69, 9.17) is 23.2 Å². The van der Waals surface area contributed by atoms with Crippen LogP contribution in [0, 0.1) is 10.1 Å². The molecule has 0 aliphatic rings. The van der Waals surface area contributed by atoms with E-state index < -0.39 is 28.6 Å². The van der Waals surface area contributed by atoms with Gasteiger partial charge in [0.15, 0.2) is 0 Å². The first-order valence-electron chi connectivity index (χ1n) is 7.37. The van der Waals surface area contributed by atoms with Gasteiger partial charge in [0.2, 0.25) is 5.91 Å². The number of rotatable bonds is 6. The number of carboxylic acids is 1. The minimum absolute atomic E-state index is 0.177. The Bertz CT molecular complexity index is 887. The van der Waals surface area contributed by atoms with Crippen molar-refractivity contribution in [1.82, 2.24) is 0 Å². The number of carbonyl (C=O) groups is 2. The lowest BCUT2D eigenvalue weighted by atomic mass is 9.79. The fraction of sp³-hybridized carbons (Fsp3) is 0.176. The minimum Gasteiger partial charge on any atom is -0.481 e. The van der Waals surface area contributed by atoms with Gasteiger partial charge in [-0.15, -0.1) is 0 Å². The zero-order valence-corrected chi connectivity index (χ0v) is 15.0. The van der Waals surface area contributed by atoms with Crippen LogP contribution in [0.3, 0.4) is 0 Å². The standard InChI is InChI=1S/C17H14Cl2N2O5/c1-17(16(23)24,10-5-6-13(18)14(19)7-10)9-15(22)20-11-3-2-4-12(8-11)21(25)26/h2-8H,9H2,1H3,(H,20,22)(H,23,24). The van der Waals surface area contributed by atoms with E-state index in [9.17, 15) is 24.8 Å². The van der Waals surface area contributed by atoms with Crippen molar-refractivity contribution in [3.05, 3.63) is 68.2 Å². The summed E-state index contributed by atoms with van der Waals surface area (Å²) < 4.78 is 0. The van der Waals surface area contributed by atoms with E-state index >= 15 is 0 Å². The van der Waals surface area contributed by atoms with Gasteiger partial charge in [-0.2, -0.15) is 0 Å². The van der Waals surface area contributed by atoms with Crippen molar-refractivity contribution in [3.8, 4) is 0 Å². The van der Waals surface area contributed by atoms with Crippen LogP contribution in [-0.2, 0) is 15.0 Å². The van der Waals surface area contributed by atoms with E-state index in [2.05, 4.69) is 5.32 Å². The highest BCUT2D eigenvalue weighted by atomic mass is 35.5. The van der Waals surface area contributed by atoms with Crippen molar-refractivity contribution in [2.24, 2.45) is 0 Å². The lowest BCUT2D eigenvalue weighted by Gasteiger charge is -2.25. The zero-order valence-electron chi connectivity index (χ0n) is 13.5. The fourth-order valence-corrected chi connectivity index (χ4v) is 2.66. The first-order chi connectivity index (χ1) is 12.1. The fourth-order valence-electron chi connectivity index (χ4n) is 2.36. The van der Waals surface area contributed by atoms with Crippen molar-refractivity contribution in [3.63, 3.8) is 0 Å². The topological polar surface area (TPSA) is 110 Å². The molecule has 0 radical (unpaired) electrons. The number of halogens is 2. The number of hydrogen-bond donors (Lipinski definition) is 2. The molecule has 0 bridgehead atoms. The summed E-state index contributed by atoms with van der Waals surface area (Å²) in [6.45, 7) is 1.39. The minimum atomic E-state index is -1.56. The van der Waals surface area contributed by atoms with Crippen LogP contribution in [0.15, 0.2) is 42.5 Å². The van der Waals surface area contributed by atoms with E-state index in [0.29, 0.717) is 5.56 Å². The van der Waals surface area contributed by atoms with Crippen molar-refractivity contribution in [2.45, 2.75) is 18.8 Å². The first-order valence-corrected chi connectivity index (χ1v) is 8.12. The summed E-state index contributed by atoms with van der Waals surface area (Å²) in [6.07, 6.45) is -0.400. The molecule has 26 heavy (non-hydrogen) atoms. The smallest absolute Gasteiger partial charge is 0.314 e. The lowest BCUT2D eigenvalue weighted by Crippen LogP contribution is -2.36. The second-order valence-electron chi connectivity index (χ2n) is 5.80. The van der Waals surface area contributed by atoms with Crippen molar-refractivity contribution in [2.75, 3.05) is 5.32 Å². The molecule has 0 aliphatic heterocycles. The number of nitrogens with one attached hydrogen (secondary N) is 1. The number of non-ortho nitro benzene ring substituents is 1. The van der Waals surface area contributed by atoms with Crippen LogP contribution < -0.4 is 5.32 Å². The predicted octanol–water partition coefficient (Wildman–Crippen LogP) is 4.27. The summed E-state index contributed by atoms with van der Waals surface area (Å²) in [4.78, 5) is 34.3. The summed E-state index contributed by atoms with van der Waals surface area (Å²) in [5.74, 6) is -1.83. The SMILES string of the molecule is CC(CC(=O)Nc1cccc([N+](=O)[O-])c1)(C(=O)O)c1ccc(Cl)c(Cl)c1. The molecule has 1 atom stereocenters. The molecule has 2 aromatic rings. The summed E-state index contributed by atoms with van der Waals surface area (Å²) in [7, 11) is 0. The summed E-state index contributed by atoms with van der Waals surface area (Å²) in [6, 6.07) is 9.72. The quantitative estimate of drug-likeness (QED) is 0.559. The number of carboxylic acid groups (broad SMARTS) is 1. The molecule has 2 N–H and O–H groups in total. The van der Waals surface area contributed by atoms with Crippen LogP contribution in [0.1, 0.15) is 18.9 Å². The van der Waals surface area contributed by atoms with Gasteiger partial charge in [0.1, 0.15) is 0 Å². The van der Waals surface area contributed by atoms with Crippen LogP contribution in [0.4, 0.5) is 11.4 Å². The van der Waals surface area contributed by atoms with E-state index in [1.54, 1.807) is 0 Å². The van der Waals surface area contributed by atoms with Gasteiger partial charge in [0.05, 0.1) is 20.4 Å². The number of nitro groups is 1. The molecule has 0 aliphatic carbocycles. The van der Waals surface area contributed by atoms with Gasteiger partial charge in [-0.3, -0.25) is 19.7 Å². The highest BCUT2D eigenvalue weighted by molar-refractivity contribution is 6.42. The molecular weight excluding hydrogens is 383 g/mol. The van der Waals surface area contributed by atoms with E-state index in [1.165, 1.54) is 49.4 Å². The van der Waals surface area contributed by atoms with Crippen molar-refractivity contribution >= 4 is 46.5 Å². The highest BCUT2D eigenvalue weighted by Gasteiger charge is 2.38. The third kappa shape index (κ3) is 4.30. The Labute approximate surface area is 158 Å². The maximum Gasteiger partial charge on any atom is 0.314 e. The third-order valence-electron chi connectivity index (χ3n) is 3.88. The number of hydrogen-bond acceptors (Lipinski definition) is 4. The molecule has 2 aromatic carbocycles. The molecule has 9 heteroatoms. The monoisotopic (exact) mass is 396 g/mol. The molecule has 136 valence electrons. The van der Waals surface area contributed by atoms with E-state index in [1.807, 2.05) is 0 Å². The van der Waals surface area contributed by atoms with E-state index in [0.717, 1.165) is 0 Å². The molecule has 1 unspecified atom stereocenters. The first kappa shape index (κ1) is 19.7. The van der Waals surface area contributed by atoms with Gasteiger partial charge >= 0.3 is 5.97 Å². The van der Waals surface area contributed by atoms with Gasteiger partial charge in [-0.1, -0.05) is 35.3 Å². The molecule has 0 spiro atoms. The van der Waals surface area contributed by atoms with E-state index in [-0.39, 0.29) is 21.4 Å². The number of amides is 1. The lowest BCUT2D eigenvalue weighted by molar-refractivity contribution is -0.384. The van der Waals surface area contributed by atoms with Crippen LogP contribution in [0.2, 0.25) is 10.0 Å². The van der Waals surface area contributed by atoms with Crippen LogP contribution in [0.5, 0.6) is 0 Å². The Kier molecular flexibility index (Phi) is 5.84. The van der Waals surface area contributed by atoms with Crippen LogP contribution >= 0.6 is 23.2 Å². The maximum absolute atomic E-state index is 12.3. The molecule has 0 saturated carbocycles. The summed E-state index contributed by atoms with van der Waals surface area (Å²) in [5, 5.41) is 23.3. The predicted molar refractivity (Wildman–Crippen MR) is 97.8 cm³/mol. The number of benzene rings is 2. The third-order valence-corrected chi connectivity index (χ3v) is 4.62. The molecule has 0 aromatic heterocycles. The van der Waals surface area contributed by atoms with Gasteiger partial charge < -0.3 is 10.4 Å². The van der Waals surface area contributed by atoms with Crippen LogP contribution in [-0.4, -0.2) is 21.9 Å². The van der Waals surface area contributed by atoms with Gasteiger partial charge in [0, 0.05) is 24.2 Å². The van der Waals surface area contributed by atoms with Gasteiger partial charge in [-0.25, -0.2) is 0 Å². The number of nitro benzene ring substituents is 1. The molecule has 0 saturated heterocycles. The maximum atomic E-state index is 12.3. The Hall–Kier alpha value is -2.64. The number of nitrogens with zero attached hydrogens (tertiary/aromatic N) is 1. The molecule has 0 fully saturated rings. The van der Waals surface area contributed by atoms with Crippen molar-refractivity contribution < 1.29 is 19.6 Å². The Balaban J connectivity index is 2.25. The average molecular weight is 397 g/mol. The molecule has 7 nitrogen and oxygen atoms in total. The highest BCUT2D eigenvalue weighted by Crippen LogP contribution is 2.33. The Morgan fingerprint density at radius 1 is 1.19 bits per heavy atom. The normalized spacial score (nSPS) is 12.9. The summed E-state index contributed by atoms with van der Waals surface area (Å²) in [5.41, 5.74) is -1.23. The zero-order chi connectivity index (χ0) is 19.5. The molecule has 2 rings (SSSR count). The number of anilines is 1. The molecular formula is C17H14Cl2N2O5. The second kappa shape index (κ2) is 7.72. The molecule has 0 heterocycles. The number of aliphatic carboxylic acids is 1. The number of carbonyl (C=O) groups excluding carboxylic acids is 1. The summed E-state index contributed by atoms with van der Waals surface area (Å²) >= 11 is 11.8. The largest absolute Gasteiger partial charge is 0.481 e. The van der Waals surface area contributed by atoms with Crippen molar-refractivity contribution in [1.29, 1.82) is 0 Å². The molecule has 1 amide bonds.